The predicted molar refractivity (Wildman–Crippen MR) is 94.3 cm³/mol. The van der Waals surface area contributed by atoms with Gasteiger partial charge in [-0.25, -0.2) is 4.79 Å². The van der Waals surface area contributed by atoms with E-state index < -0.39 is 5.97 Å². The molecule has 1 fully saturated rings. The van der Waals surface area contributed by atoms with E-state index in [4.69, 9.17) is 10.5 Å². The van der Waals surface area contributed by atoms with Crippen LogP contribution in [0.15, 0.2) is 11.4 Å². The molecular weight excluding hydrogens is 338 g/mol. The van der Waals surface area contributed by atoms with Gasteiger partial charge in [-0.15, -0.1) is 23.7 Å². The minimum atomic E-state index is -0.435. The number of likely N-dealkylation sites (tertiary alicyclic amines) is 1. The fourth-order valence-electron chi connectivity index (χ4n) is 2.67. The van der Waals surface area contributed by atoms with Crippen molar-refractivity contribution in [2.24, 2.45) is 11.1 Å². The number of carbonyl (C=O) groups excluding carboxylic acids is 2. The molecule has 1 unspecified atom stereocenters. The van der Waals surface area contributed by atoms with E-state index in [1.54, 1.807) is 11.4 Å². The Labute approximate surface area is 146 Å². The van der Waals surface area contributed by atoms with Crippen LogP contribution < -0.4 is 11.1 Å². The van der Waals surface area contributed by atoms with Gasteiger partial charge in [0.2, 0.25) is 5.91 Å². The number of piperidine rings is 1. The molecule has 2 rings (SSSR count). The second-order valence-corrected chi connectivity index (χ2v) is 7.21. The highest BCUT2D eigenvalue weighted by atomic mass is 35.5. The minimum Gasteiger partial charge on any atom is -0.465 e. The summed E-state index contributed by atoms with van der Waals surface area (Å²) in [6.07, 6.45) is 0.881. The number of nitrogens with one attached hydrogen (secondary N) is 1. The van der Waals surface area contributed by atoms with Crippen LogP contribution in [0.4, 0.5) is 5.69 Å². The van der Waals surface area contributed by atoms with E-state index in [-0.39, 0.29) is 29.8 Å². The van der Waals surface area contributed by atoms with Gasteiger partial charge in [-0.1, -0.05) is 13.8 Å². The molecule has 6 nitrogen and oxygen atoms in total. The van der Waals surface area contributed by atoms with E-state index >= 15 is 0 Å². The zero-order chi connectivity index (χ0) is 16.3. The van der Waals surface area contributed by atoms with Crippen LogP contribution in [0, 0.1) is 5.41 Å². The summed E-state index contributed by atoms with van der Waals surface area (Å²) < 4.78 is 4.70. The topological polar surface area (TPSA) is 84.7 Å². The fraction of sp³-hybridized carbons (Fsp3) is 0.600. The second-order valence-electron chi connectivity index (χ2n) is 6.30. The Kier molecular flexibility index (Phi) is 7.01. The van der Waals surface area contributed by atoms with Gasteiger partial charge >= 0.3 is 5.97 Å². The van der Waals surface area contributed by atoms with Gasteiger partial charge in [0, 0.05) is 19.1 Å². The van der Waals surface area contributed by atoms with Crippen molar-refractivity contribution in [3.05, 3.63) is 16.3 Å². The molecule has 2 heterocycles. The number of nitrogens with two attached hydrogens (primary N) is 1. The quantitative estimate of drug-likeness (QED) is 0.801. The maximum atomic E-state index is 12.2. The van der Waals surface area contributed by atoms with Crippen molar-refractivity contribution in [3.8, 4) is 0 Å². The monoisotopic (exact) mass is 361 g/mol. The zero-order valence-corrected chi connectivity index (χ0v) is 15.3. The van der Waals surface area contributed by atoms with Crippen LogP contribution in [0.3, 0.4) is 0 Å². The number of hydrogen-bond donors (Lipinski definition) is 2. The maximum absolute atomic E-state index is 12.2. The van der Waals surface area contributed by atoms with E-state index in [0.29, 0.717) is 17.1 Å². The van der Waals surface area contributed by atoms with Gasteiger partial charge in [-0.3, -0.25) is 9.69 Å². The highest BCUT2D eigenvalue weighted by molar-refractivity contribution is 7.12. The van der Waals surface area contributed by atoms with Gasteiger partial charge in [0.15, 0.2) is 0 Å². The van der Waals surface area contributed by atoms with Gasteiger partial charge in [0.25, 0.3) is 0 Å². The van der Waals surface area contributed by atoms with Crippen molar-refractivity contribution in [2.75, 3.05) is 32.1 Å². The van der Waals surface area contributed by atoms with Crippen LogP contribution in [-0.4, -0.2) is 49.6 Å². The summed E-state index contributed by atoms with van der Waals surface area (Å²) in [7, 11) is 1.33. The lowest BCUT2D eigenvalue weighted by Gasteiger charge is -2.42. The minimum absolute atomic E-state index is 0. The number of halogens is 1. The molecule has 0 saturated carbocycles. The Morgan fingerprint density at radius 3 is 2.83 bits per heavy atom. The number of carbonyl (C=O) groups is 2. The SMILES string of the molecule is COC(=O)c1sccc1NC(=O)CN1CCC(N)C(C)(C)C1.Cl. The summed E-state index contributed by atoms with van der Waals surface area (Å²) in [5.41, 5.74) is 6.61. The Hall–Kier alpha value is -1.15. The lowest BCUT2D eigenvalue weighted by molar-refractivity contribution is -0.118. The maximum Gasteiger partial charge on any atom is 0.350 e. The fourth-order valence-corrected chi connectivity index (χ4v) is 3.44. The first-order valence-electron chi connectivity index (χ1n) is 7.27. The average molecular weight is 362 g/mol. The standard InChI is InChI=1S/C15H23N3O3S.ClH/c1-15(2)9-18(6-4-11(15)16)8-12(19)17-10-5-7-22-13(10)14(20)21-3;/h5,7,11H,4,6,8-9,16H2,1-3H3,(H,17,19);1H. The first kappa shape index (κ1) is 19.9. The second kappa shape index (κ2) is 8.10. The number of ether oxygens (including phenoxy) is 1. The lowest BCUT2D eigenvalue weighted by Crippen LogP contribution is -2.53. The van der Waals surface area contributed by atoms with E-state index in [2.05, 4.69) is 24.1 Å². The van der Waals surface area contributed by atoms with Gasteiger partial charge in [-0.05, 0) is 23.3 Å². The van der Waals surface area contributed by atoms with Crippen molar-refractivity contribution >= 4 is 41.3 Å². The molecule has 3 N–H and O–H groups in total. The summed E-state index contributed by atoms with van der Waals surface area (Å²) >= 11 is 1.25. The molecule has 1 saturated heterocycles. The lowest BCUT2D eigenvalue weighted by atomic mass is 9.80. The molecule has 1 aliphatic rings. The molecule has 1 atom stereocenters. The van der Waals surface area contributed by atoms with E-state index in [1.807, 2.05) is 0 Å². The molecule has 130 valence electrons. The number of rotatable bonds is 4. The Morgan fingerprint density at radius 1 is 1.52 bits per heavy atom. The Morgan fingerprint density at radius 2 is 2.22 bits per heavy atom. The third kappa shape index (κ3) is 4.91. The number of amides is 1. The van der Waals surface area contributed by atoms with Crippen LogP contribution >= 0.6 is 23.7 Å². The van der Waals surface area contributed by atoms with Gasteiger partial charge in [-0.2, -0.15) is 0 Å². The molecule has 1 aliphatic heterocycles. The summed E-state index contributed by atoms with van der Waals surface area (Å²) in [4.78, 5) is 26.3. The number of thiophene rings is 1. The van der Waals surface area contributed by atoms with Gasteiger partial charge < -0.3 is 15.8 Å². The Bertz CT molecular complexity index is 562. The number of hydrogen-bond acceptors (Lipinski definition) is 6. The number of anilines is 1. The molecule has 1 aromatic heterocycles. The van der Waals surface area contributed by atoms with Crippen LogP contribution in [0.1, 0.15) is 29.9 Å². The summed E-state index contributed by atoms with van der Waals surface area (Å²) in [6, 6.07) is 1.87. The summed E-state index contributed by atoms with van der Waals surface area (Å²) in [6.45, 7) is 6.14. The third-order valence-corrected chi connectivity index (χ3v) is 4.96. The molecule has 1 aromatic rings. The molecular formula is C15H24ClN3O3S. The van der Waals surface area contributed by atoms with Gasteiger partial charge in [0.1, 0.15) is 4.88 Å². The molecule has 0 aliphatic carbocycles. The van der Waals surface area contributed by atoms with Crippen molar-refractivity contribution < 1.29 is 14.3 Å². The van der Waals surface area contributed by atoms with Crippen LogP contribution in [0.5, 0.6) is 0 Å². The molecule has 0 spiro atoms. The average Bonchev–Trinajstić information content (AvgIpc) is 2.89. The molecule has 0 bridgehead atoms. The van der Waals surface area contributed by atoms with Crippen molar-refractivity contribution in [2.45, 2.75) is 26.3 Å². The zero-order valence-electron chi connectivity index (χ0n) is 13.6. The van der Waals surface area contributed by atoms with Crippen molar-refractivity contribution in [1.29, 1.82) is 0 Å². The normalized spacial score (nSPS) is 20.4. The molecule has 1 amide bonds. The number of esters is 1. The van der Waals surface area contributed by atoms with E-state index in [0.717, 1.165) is 19.5 Å². The highest BCUT2D eigenvalue weighted by Gasteiger charge is 2.34. The molecule has 8 heteroatoms. The van der Waals surface area contributed by atoms with E-state index in [9.17, 15) is 9.59 Å². The van der Waals surface area contributed by atoms with Gasteiger partial charge in [0.05, 0.1) is 19.3 Å². The van der Waals surface area contributed by atoms with Crippen molar-refractivity contribution in [3.63, 3.8) is 0 Å². The largest absolute Gasteiger partial charge is 0.465 e. The van der Waals surface area contributed by atoms with E-state index in [1.165, 1.54) is 18.4 Å². The Balaban J connectivity index is 0.00000264. The first-order chi connectivity index (χ1) is 10.3. The molecule has 0 aromatic carbocycles. The third-order valence-electron chi connectivity index (χ3n) is 4.07. The van der Waals surface area contributed by atoms with Crippen LogP contribution in [-0.2, 0) is 9.53 Å². The first-order valence-corrected chi connectivity index (χ1v) is 8.15. The van der Waals surface area contributed by atoms with Crippen LogP contribution in [0.25, 0.3) is 0 Å². The molecule has 0 radical (unpaired) electrons. The van der Waals surface area contributed by atoms with Crippen LogP contribution in [0.2, 0.25) is 0 Å². The summed E-state index contributed by atoms with van der Waals surface area (Å²) in [5.74, 6) is -0.565. The number of methoxy groups -OCH3 is 1. The predicted octanol–water partition coefficient (Wildman–Crippen LogP) is 1.95. The smallest absolute Gasteiger partial charge is 0.350 e. The summed E-state index contributed by atoms with van der Waals surface area (Å²) in [5, 5.41) is 4.54. The molecule has 23 heavy (non-hydrogen) atoms. The number of nitrogens with zero attached hydrogens (tertiary/aromatic N) is 1. The van der Waals surface area contributed by atoms with Crippen molar-refractivity contribution in [1.82, 2.24) is 4.90 Å². The highest BCUT2D eigenvalue weighted by Crippen LogP contribution is 2.28.